The molecule has 170 valence electrons. The molecule has 2 aromatic carbocycles. The predicted octanol–water partition coefficient (Wildman–Crippen LogP) is 4.01. The van der Waals surface area contributed by atoms with Gasteiger partial charge in [-0.05, 0) is 25.0 Å². The fraction of sp³-hybridized carbons (Fsp3) is 0.263. The van der Waals surface area contributed by atoms with Crippen LogP contribution in [0.2, 0.25) is 10.0 Å². The summed E-state index contributed by atoms with van der Waals surface area (Å²) in [6.45, 7) is 0.634. The van der Waals surface area contributed by atoms with Crippen molar-refractivity contribution in [1.82, 2.24) is 13.9 Å². The smallest absolute Gasteiger partial charge is 0.301 e. The summed E-state index contributed by atoms with van der Waals surface area (Å²) in [5.74, 6) is -2.67. The molecule has 0 spiro atoms. The minimum absolute atomic E-state index is 0.0593. The Labute approximate surface area is 191 Å². The van der Waals surface area contributed by atoms with E-state index < -0.39 is 38.1 Å². The number of aromatic nitrogens is 2. The molecule has 1 aliphatic heterocycles. The highest BCUT2D eigenvalue weighted by Gasteiger charge is 2.28. The van der Waals surface area contributed by atoms with Crippen molar-refractivity contribution in [2.24, 2.45) is 7.05 Å². The quantitative estimate of drug-likeness (QED) is 0.512. The van der Waals surface area contributed by atoms with Crippen molar-refractivity contribution in [3.63, 3.8) is 0 Å². The molecule has 0 unspecified atom stereocenters. The van der Waals surface area contributed by atoms with Gasteiger partial charge in [-0.25, -0.2) is 13.8 Å². The summed E-state index contributed by atoms with van der Waals surface area (Å²) < 4.78 is 58.7. The Balaban J connectivity index is 1.77. The van der Waals surface area contributed by atoms with Gasteiger partial charge in [0, 0.05) is 26.2 Å². The zero-order valence-corrected chi connectivity index (χ0v) is 19.0. The van der Waals surface area contributed by atoms with Crippen molar-refractivity contribution in [1.29, 1.82) is 0 Å². The minimum atomic E-state index is -4.00. The number of rotatable bonds is 5. The molecular weight excluding hydrogens is 487 g/mol. The van der Waals surface area contributed by atoms with E-state index in [1.165, 1.54) is 34.4 Å². The number of hydrogen-bond acceptors (Lipinski definition) is 5. The molecule has 0 aliphatic carbocycles. The van der Waals surface area contributed by atoms with Gasteiger partial charge < -0.3 is 9.88 Å². The Morgan fingerprint density at radius 2 is 1.78 bits per heavy atom. The van der Waals surface area contributed by atoms with E-state index in [4.69, 9.17) is 23.2 Å². The summed E-state index contributed by atoms with van der Waals surface area (Å²) in [4.78, 5) is 16.5. The maximum Gasteiger partial charge on any atom is 0.301 e. The van der Waals surface area contributed by atoms with Crippen LogP contribution in [-0.4, -0.2) is 35.4 Å². The van der Waals surface area contributed by atoms with Crippen LogP contribution >= 0.6 is 23.2 Å². The molecule has 1 fully saturated rings. The fourth-order valence-electron chi connectivity index (χ4n) is 3.41. The van der Waals surface area contributed by atoms with Gasteiger partial charge in [0.05, 0.1) is 44.3 Å². The third kappa shape index (κ3) is 4.01. The number of benzene rings is 2. The Morgan fingerprint density at radius 3 is 2.47 bits per heavy atom. The van der Waals surface area contributed by atoms with E-state index in [9.17, 15) is 22.0 Å². The topological polar surface area (TPSA) is 96.3 Å². The highest BCUT2D eigenvalue weighted by molar-refractivity contribution is 7.90. The lowest BCUT2D eigenvalue weighted by Gasteiger charge is -2.19. The van der Waals surface area contributed by atoms with Crippen LogP contribution in [0.15, 0.2) is 29.3 Å². The zero-order valence-electron chi connectivity index (χ0n) is 16.6. The van der Waals surface area contributed by atoms with Crippen LogP contribution < -0.4 is 15.6 Å². The third-order valence-corrected chi connectivity index (χ3v) is 7.39. The van der Waals surface area contributed by atoms with Gasteiger partial charge in [0.1, 0.15) is 0 Å². The molecule has 0 bridgehead atoms. The van der Waals surface area contributed by atoms with Gasteiger partial charge in [-0.2, -0.15) is 12.7 Å². The molecule has 0 atom stereocenters. The largest absolute Gasteiger partial charge is 0.351 e. The van der Waals surface area contributed by atoms with E-state index in [0.29, 0.717) is 37.5 Å². The van der Waals surface area contributed by atoms with E-state index in [0.717, 1.165) is 0 Å². The van der Waals surface area contributed by atoms with E-state index >= 15 is 0 Å². The molecule has 3 aromatic rings. The van der Waals surface area contributed by atoms with Gasteiger partial charge in [0.25, 0.3) is 5.56 Å². The minimum Gasteiger partial charge on any atom is -0.351 e. The molecule has 1 aliphatic rings. The van der Waals surface area contributed by atoms with Gasteiger partial charge in [0.15, 0.2) is 11.6 Å². The SMILES string of the molecule is Cn1cnc2ccc(Nc3c(F)c(F)cc(NS(=O)(=O)N4CCCC4)c3Cl)c(Cl)c2c1=O. The average molecular weight is 504 g/mol. The van der Waals surface area contributed by atoms with E-state index in [2.05, 4.69) is 15.0 Å². The Bertz CT molecular complexity index is 1390. The zero-order chi connectivity index (χ0) is 23.2. The molecule has 0 saturated carbocycles. The van der Waals surface area contributed by atoms with Gasteiger partial charge in [0.2, 0.25) is 0 Å². The lowest BCUT2D eigenvalue weighted by atomic mass is 10.2. The van der Waals surface area contributed by atoms with Crippen molar-refractivity contribution >= 4 is 61.4 Å². The molecule has 2 heterocycles. The van der Waals surface area contributed by atoms with Crippen LogP contribution in [-0.2, 0) is 17.3 Å². The summed E-state index contributed by atoms with van der Waals surface area (Å²) in [6, 6.07) is 3.57. The average Bonchev–Trinajstić information content (AvgIpc) is 3.29. The lowest BCUT2D eigenvalue weighted by Crippen LogP contribution is -2.33. The van der Waals surface area contributed by atoms with Crippen molar-refractivity contribution < 1.29 is 17.2 Å². The van der Waals surface area contributed by atoms with Crippen LogP contribution in [0.4, 0.5) is 25.8 Å². The number of halogens is 4. The fourth-order valence-corrected chi connectivity index (χ4v) is 5.29. The van der Waals surface area contributed by atoms with Crippen LogP contribution in [0.5, 0.6) is 0 Å². The predicted molar refractivity (Wildman–Crippen MR) is 120 cm³/mol. The van der Waals surface area contributed by atoms with Crippen molar-refractivity contribution in [2.45, 2.75) is 12.8 Å². The third-order valence-electron chi connectivity index (χ3n) is 5.08. The summed E-state index contributed by atoms with van der Waals surface area (Å²) in [5.41, 5.74) is -0.937. The second kappa shape index (κ2) is 8.47. The van der Waals surface area contributed by atoms with Crippen molar-refractivity contribution in [2.75, 3.05) is 23.1 Å². The van der Waals surface area contributed by atoms with Crippen LogP contribution in [0.25, 0.3) is 10.9 Å². The lowest BCUT2D eigenvalue weighted by molar-refractivity contribution is 0.482. The molecule has 4 rings (SSSR count). The number of fused-ring (bicyclic) bond motifs is 1. The summed E-state index contributed by atoms with van der Waals surface area (Å²) in [5, 5.41) is 2.18. The number of aryl methyl sites for hydroxylation is 1. The van der Waals surface area contributed by atoms with Crippen molar-refractivity contribution in [3.05, 3.63) is 56.6 Å². The second-order valence-corrected chi connectivity index (χ2v) is 9.66. The first-order valence-electron chi connectivity index (χ1n) is 9.46. The Morgan fingerprint density at radius 1 is 1.09 bits per heavy atom. The molecular formula is C19H17Cl2F2N5O3S. The summed E-state index contributed by atoms with van der Waals surface area (Å²) in [7, 11) is -2.51. The van der Waals surface area contributed by atoms with Crippen LogP contribution in [0, 0.1) is 11.6 Å². The normalized spacial score (nSPS) is 14.8. The summed E-state index contributed by atoms with van der Waals surface area (Å²) in [6.07, 6.45) is 2.73. The van der Waals surface area contributed by atoms with Gasteiger partial charge in [-0.15, -0.1) is 0 Å². The van der Waals surface area contributed by atoms with E-state index in [1.54, 1.807) is 0 Å². The van der Waals surface area contributed by atoms with Gasteiger partial charge in [-0.3, -0.25) is 9.52 Å². The maximum atomic E-state index is 14.6. The highest BCUT2D eigenvalue weighted by atomic mass is 35.5. The van der Waals surface area contributed by atoms with Gasteiger partial charge in [-0.1, -0.05) is 23.2 Å². The van der Waals surface area contributed by atoms with E-state index in [1.807, 2.05) is 0 Å². The number of nitrogens with zero attached hydrogens (tertiary/aromatic N) is 3. The monoisotopic (exact) mass is 503 g/mol. The Hall–Kier alpha value is -2.47. The first kappa shape index (κ1) is 22.7. The first-order chi connectivity index (χ1) is 15.1. The second-order valence-electron chi connectivity index (χ2n) is 7.23. The molecule has 1 aromatic heterocycles. The first-order valence-corrected chi connectivity index (χ1v) is 11.7. The molecule has 1 saturated heterocycles. The molecule has 0 radical (unpaired) electrons. The molecule has 0 amide bonds. The van der Waals surface area contributed by atoms with Crippen molar-refractivity contribution in [3.8, 4) is 0 Å². The number of hydrogen-bond donors (Lipinski definition) is 2. The Kier molecular flexibility index (Phi) is 6.01. The van der Waals surface area contributed by atoms with Gasteiger partial charge >= 0.3 is 10.2 Å². The maximum absolute atomic E-state index is 14.6. The molecule has 13 heteroatoms. The summed E-state index contributed by atoms with van der Waals surface area (Å²) >= 11 is 12.6. The number of nitrogens with one attached hydrogen (secondary N) is 2. The highest BCUT2D eigenvalue weighted by Crippen LogP contribution is 2.39. The standard InChI is InChI=1S/C19H17Cl2F2N5O3S/c1-27-9-24-11-4-5-12(15(20)14(11)19(27)29)25-18-16(21)13(8-10(22)17(18)23)26-32(30,31)28-6-2-3-7-28/h4-5,8-9,25-26H,2-3,6-7H2,1H3. The molecule has 2 N–H and O–H groups in total. The number of anilines is 3. The van der Waals surface area contributed by atoms with E-state index in [-0.39, 0.29) is 21.8 Å². The van der Waals surface area contributed by atoms with Crippen LogP contribution in [0.1, 0.15) is 12.8 Å². The molecule has 8 nitrogen and oxygen atoms in total. The van der Waals surface area contributed by atoms with Crippen LogP contribution in [0.3, 0.4) is 0 Å². The molecule has 32 heavy (non-hydrogen) atoms.